The van der Waals surface area contributed by atoms with Gasteiger partial charge < -0.3 is 10.4 Å². The molecule has 0 aromatic heterocycles. The van der Waals surface area contributed by atoms with E-state index >= 15 is 0 Å². The Hall–Kier alpha value is -0.910. The van der Waals surface area contributed by atoms with Gasteiger partial charge in [0.05, 0.1) is 6.04 Å². The Morgan fingerprint density at radius 3 is 2.61 bits per heavy atom. The summed E-state index contributed by atoms with van der Waals surface area (Å²) in [5.41, 5.74) is 0.328. The molecule has 1 aromatic carbocycles. The van der Waals surface area contributed by atoms with Crippen LogP contribution in [0.1, 0.15) is 11.6 Å². The summed E-state index contributed by atoms with van der Waals surface area (Å²) in [5, 5.41) is 12.9. The molecule has 0 radical (unpaired) electrons. The molecule has 6 heteroatoms. The number of nitrogens with one attached hydrogen (secondary N) is 1. The highest BCUT2D eigenvalue weighted by Crippen LogP contribution is 2.29. The molecule has 1 atom stereocenters. The van der Waals surface area contributed by atoms with Gasteiger partial charge in [-0.3, -0.25) is 4.90 Å². The van der Waals surface area contributed by atoms with Gasteiger partial charge in [-0.25, -0.2) is 8.78 Å². The molecule has 2 rings (SSSR count). The summed E-state index contributed by atoms with van der Waals surface area (Å²) >= 11 is 0. The van der Waals surface area contributed by atoms with Crippen LogP contribution < -0.4 is 5.32 Å². The van der Waals surface area contributed by atoms with Gasteiger partial charge in [-0.2, -0.15) is 0 Å². The van der Waals surface area contributed by atoms with Crippen LogP contribution in [0.5, 0.6) is 5.75 Å². The van der Waals surface area contributed by atoms with Crippen LogP contribution in [0.3, 0.4) is 0 Å². The summed E-state index contributed by atoms with van der Waals surface area (Å²) in [5.74, 6) is -0.501. The lowest BCUT2D eigenvalue weighted by Gasteiger charge is -2.33. The fourth-order valence-corrected chi connectivity index (χ4v) is 2.16. The van der Waals surface area contributed by atoms with Crippen LogP contribution in [0.2, 0.25) is 0 Å². The minimum absolute atomic E-state index is 0. The second kappa shape index (κ2) is 6.87. The summed E-state index contributed by atoms with van der Waals surface area (Å²) in [6.07, 6.45) is 0. The Morgan fingerprint density at radius 2 is 2.00 bits per heavy atom. The first-order valence-corrected chi connectivity index (χ1v) is 5.71. The molecule has 1 aromatic rings. The van der Waals surface area contributed by atoms with Gasteiger partial charge >= 0.3 is 0 Å². The zero-order valence-electron chi connectivity index (χ0n) is 9.90. The lowest BCUT2D eigenvalue weighted by molar-refractivity contribution is 0.145. The number of hydrogen-bond acceptors (Lipinski definition) is 3. The van der Waals surface area contributed by atoms with Crippen molar-refractivity contribution in [3.8, 4) is 5.75 Å². The first-order chi connectivity index (χ1) is 8.22. The van der Waals surface area contributed by atoms with Crippen molar-refractivity contribution in [1.82, 2.24) is 10.2 Å². The fraction of sp³-hybridized carbons (Fsp3) is 0.500. The second-order valence-electron chi connectivity index (χ2n) is 4.16. The van der Waals surface area contributed by atoms with E-state index in [4.69, 9.17) is 0 Å². The number of aromatic hydroxyl groups is 1. The Balaban J connectivity index is 0.00000162. The van der Waals surface area contributed by atoms with Gasteiger partial charge in [-0.05, 0) is 18.2 Å². The number of rotatable bonds is 3. The van der Waals surface area contributed by atoms with Crippen molar-refractivity contribution in [2.24, 2.45) is 0 Å². The monoisotopic (exact) mass is 278 g/mol. The Kier molecular flexibility index (Phi) is 5.78. The molecule has 3 nitrogen and oxygen atoms in total. The van der Waals surface area contributed by atoms with E-state index in [1.54, 1.807) is 0 Å². The molecule has 0 spiro atoms. The standard InChI is InChI=1S/C12H16F2N2O.ClH/c13-8-11(16-5-3-15-4-6-16)10-7-9(14)1-2-12(10)17;/h1-2,7,11,15,17H,3-6,8H2;1H/t11-;/m1./s1. The molecular formula is C12H17ClF2N2O. The lowest BCUT2D eigenvalue weighted by Crippen LogP contribution is -2.45. The molecule has 0 amide bonds. The smallest absolute Gasteiger partial charge is 0.123 e. The first-order valence-electron chi connectivity index (χ1n) is 5.71. The molecule has 0 saturated carbocycles. The van der Waals surface area contributed by atoms with Crippen LogP contribution in [0.15, 0.2) is 18.2 Å². The largest absolute Gasteiger partial charge is 0.508 e. The summed E-state index contributed by atoms with van der Waals surface area (Å²) in [6.45, 7) is 2.34. The molecule has 0 bridgehead atoms. The van der Waals surface area contributed by atoms with Crippen molar-refractivity contribution < 1.29 is 13.9 Å². The van der Waals surface area contributed by atoms with Crippen molar-refractivity contribution in [3.63, 3.8) is 0 Å². The van der Waals surface area contributed by atoms with Crippen molar-refractivity contribution in [2.45, 2.75) is 6.04 Å². The van der Waals surface area contributed by atoms with Crippen LogP contribution in [0, 0.1) is 5.82 Å². The van der Waals surface area contributed by atoms with Gasteiger partial charge in [0, 0.05) is 31.7 Å². The maximum atomic E-state index is 13.1. The zero-order valence-corrected chi connectivity index (χ0v) is 10.7. The molecule has 1 aliphatic heterocycles. The minimum Gasteiger partial charge on any atom is -0.508 e. The quantitative estimate of drug-likeness (QED) is 0.886. The molecule has 1 saturated heterocycles. The van der Waals surface area contributed by atoms with Crippen LogP contribution in [0.4, 0.5) is 8.78 Å². The van der Waals surface area contributed by atoms with E-state index in [0.29, 0.717) is 18.7 Å². The Bertz CT molecular complexity index is 386. The van der Waals surface area contributed by atoms with Gasteiger partial charge in [0.25, 0.3) is 0 Å². The van der Waals surface area contributed by atoms with Gasteiger partial charge in [-0.1, -0.05) is 0 Å². The molecule has 0 unspecified atom stereocenters. The predicted molar refractivity (Wildman–Crippen MR) is 68.5 cm³/mol. The fourth-order valence-electron chi connectivity index (χ4n) is 2.16. The van der Waals surface area contributed by atoms with E-state index in [0.717, 1.165) is 13.1 Å². The average Bonchev–Trinajstić information content (AvgIpc) is 2.36. The van der Waals surface area contributed by atoms with Crippen molar-refractivity contribution in [2.75, 3.05) is 32.9 Å². The number of piperazine rings is 1. The highest BCUT2D eigenvalue weighted by molar-refractivity contribution is 5.85. The topological polar surface area (TPSA) is 35.5 Å². The van der Waals surface area contributed by atoms with Crippen molar-refractivity contribution in [3.05, 3.63) is 29.6 Å². The highest BCUT2D eigenvalue weighted by atomic mass is 35.5. The first kappa shape index (κ1) is 15.1. The van der Waals surface area contributed by atoms with Gasteiger partial charge in [0.1, 0.15) is 18.2 Å². The number of nitrogens with zero attached hydrogens (tertiary/aromatic N) is 1. The van der Waals surface area contributed by atoms with Crippen LogP contribution in [-0.2, 0) is 0 Å². The molecule has 0 aliphatic carbocycles. The number of hydrogen-bond donors (Lipinski definition) is 2. The number of phenolic OH excluding ortho intramolecular Hbond substituents is 1. The number of halogens is 3. The Morgan fingerprint density at radius 1 is 1.33 bits per heavy atom. The normalized spacial score (nSPS) is 18.1. The highest BCUT2D eigenvalue weighted by Gasteiger charge is 2.24. The lowest BCUT2D eigenvalue weighted by atomic mass is 10.0. The van der Waals surface area contributed by atoms with Gasteiger partial charge in [0.15, 0.2) is 0 Å². The summed E-state index contributed by atoms with van der Waals surface area (Å²) < 4.78 is 26.3. The average molecular weight is 279 g/mol. The molecule has 18 heavy (non-hydrogen) atoms. The molecule has 1 aliphatic rings. The van der Waals surface area contributed by atoms with E-state index in [1.165, 1.54) is 18.2 Å². The maximum Gasteiger partial charge on any atom is 0.123 e. The van der Waals surface area contributed by atoms with E-state index in [-0.39, 0.29) is 18.2 Å². The summed E-state index contributed by atoms with van der Waals surface area (Å²) in [4.78, 5) is 1.92. The molecular weight excluding hydrogens is 262 g/mol. The molecule has 102 valence electrons. The SMILES string of the molecule is Cl.Oc1ccc(F)cc1[C@@H](CF)N1CCNCC1. The van der Waals surface area contributed by atoms with Crippen molar-refractivity contribution >= 4 is 12.4 Å². The zero-order chi connectivity index (χ0) is 12.3. The van der Waals surface area contributed by atoms with Crippen LogP contribution >= 0.6 is 12.4 Å². The van der Waals surface area contributed by atoms with Gasteiger partial charge in [0.2, 0.25) is 0 Å². The minimum atomic E-state index is -0.628. The Labute approximate surface area is 111 Å². The molecule has 1 fully saturated rings. The predicted octanol–water partition coefficient (Wildman–Crippen LogP) is 1.87. The van der Waals surface area contributed by atoms with E-state index in [2.05, 4.69) is 5.32 Å². The maximum absolute atomic E-state index is 13.1. The third kappa shape index (κ3) is 3.31. The van der Waals surface area contributed by atoms with E-state index in [9.17, 15) is 13.9 Å². The summed E-state index contributed by atoms with van der Waals surface area (Å²) in [6, 6.07) is 3.09. The van der Waals surface area contributed by atoms with Crippen LogP contribution in [-0.4, -0.2) is 42.9 Å². The van der Waals surface area contributed by atoms with Crippen molar-refractivity contribution in [1.29, 1.82) is 0 Å². The number of phenols is 1. The second-order valence-corrected chi connectivity index (χ2v) is 4.16. The number of alkyl halides is 1. The summed E-state index contributed by atoms with van der Waals surface area (Å²) in [7, 11) is 0. The third-order valence-electron chi connectivity index (χ3n) is 3.09. The third-order valence-corrected chi connectivity index (χ3v) is 3.09. The van der Waals surface area contributed by atoms with Gasteiger partial charge in [-0.15, -0.1) is 12.4 Å². The van der Waals surface area contributed by atoms with Crippen LogP contribution in [0.25, 0.3) is 0 Å². The number of benzene rings is 1. The molecule has 1 heterocycles. The van der Waals surface area contributed by atoms with E-state index < -0.39 is 18.5 Å². The molecule has 2 N–H and O–H groups in total. The van der Waals surface area contributed by atoms with E-state index in [1.807, 2.05) is 4.90 Å².